The largest absolute Gasteiger partial charge is 0.497 e. The first-order chi connectivity index (χ1) is 17.1. The molecule has 1 saturated heterocycles. The van der Waals surface area contributed by atoms with E-state index in [4.69, 9.17) is 4.74 Å². The zero-order chi connectivity index (χ0) is 25.7. The van der Waals surface area contributed by atoms with Gasteiger partial charge in [-0.05, 0) is 59.0 Å². The fourth-order valence-electron chi connectivity index (χ4n) is 4.92. The molecule has 3 aromatic carbocycles. The van der Waals surface area contributed by atoms with Gasteiger partial charge < -0.3 is 14.5 Å². The summed E-state index contributed by atoms with van der Waals surface area (Å²) in [6, 6.07) is 19.4. The monoisotopic (exact) mass is 504 g/mol. The van der Waals surface area contributed by atoms with Crippen LogP contribution in [0.4, 0.5) is 10.1 Å². The Morgan fingerprint density at radius 2 is 1.75 bits per heavy atom. The fraction of sp³-hybridized carbons (Fsp3) is 0.310. The van der Waals surface area contributed by atoms with E-state index in [-0.39, 0.29) is 17.2 Å². The van der Waals surface area contributed by atoms with Crippen molar-refractivity contribution < 1.29 is 18.7 Å². The summed E-state index contributed by atoms with van der Waals surface area (Å²) in [6.45, 7) is 7.32. The van der Waals surface area contributed by atoms with E-state index in [1.54, 1.807) is 16.9 Å². The van der Waals surface area contributed by atoms with Gasteiger partial charge in [-0.2, -0.15) is 0 Å². The molecule has 0 bridgehead atoms. The molecule has 0 radical (unpaired) electrons. The lowest BCUT2D eigenvalue weighted by Gasteiger charge is -2.33. The number of hydrogen-bond acceptors (Lipinski definition) is 4. The average Bonchev–Trinajstić information content (AvgIpc) is 3.40. The molecule has 36 heavy (non-hydrogen) atoms. The van der Waals surface area contributed by atoms with Gasteiger partial charge in [-0.25, -0.2) is 4.39 Å². The van der Waals surface area contributed by atoms with Gasteiger partial charge in [0.2, 0.25) is 0 Å². The number of carbonyl (C=O) groups excluding carboxylic acids is 2. The highest BCUT2D eigenvalue weighted by molar-refractivity contribution is 8.01. The number of nitrogens with zero attached hydrogens (tertiary/aromatic N) is 2. The third-order valence-corrected chi connectivity index (χ3v) is 8.32. The van der Waals surface area contributed by atoms with Gasteiger partial charge in [0.1, 0.15) is 11.6 Å². The summed E-state index contributed by atoms with van der Waals surface area (Å²) in [6.07, 6.45) is 0. The van der Waals surface area contributed by atoms with Crippen LogP contribution in [0.1, 0.15) is 47.8 Å². The maximum absolute atomic E-state index is 14.2. The van der Waals surface area contributed by atoms with Crippen molar-refractivity contribution in [2.24, 2.45) is 0 Å². The van der Waals surface area contributed by atoms with Gasteiger partial charge in [-0.3, -0.25) is 9.59 Å². The van der Waals surface area contributed by atoms with Crippen LogP contribution in [-0.2, 0) is 21.6 Å². The Morgan fingerprint density at radius 3 is 2.39 bits per heavy atom. The molecule has 3 aromatic rings. The van der Waals surface area contributed by atoms with E-state index < -0.39 is 10.7 Å². The van der Waals surface area contributed by atoms with E-state index in [1.165, 1.54) is 41.6 Å². The number of halogens is 1. The van der Waals surface area contributed by atoms with Crippen LogP contribution < -0.4 is 9.64 Å². The summed E-state index contributed by atoms with van der Waals surface area (Å²) in [5.41, 5.74) is 4.14. The lowest BCUT2D eigenvalue weighted by atomic mass is 9.87. The molecule has 0 N–H and O–H groups in total. The standard InChI is InChI=1S/C29H29FN2O3S/c1-28(2,3)21-9-5-19(6-10-21)18-31-25-14-13-23(35-4)17-24(25)29(27(31)34)32(15-16-36-29)26(33)20-7-11-22(30)12-8-20/h5-14,17H,15-16,18H2,1-4H3. The summed E-state index contributed by atoms with van der Waals surface area (Å²) in [4.78, 5) is 30.0. The molecule has 0 aliphatic carbocycles. The van der Waals surface area contributed by atoms with Crippen LogP contribution >= 0.6 is 11.8 Å². The zero-order valence-electron chi connectivity index (χ0n) is 20.9. The van der Waals surface area contributed by atoms with Gasteiger partial charge in [-0.1, -0.05) is 45.0 Å². The number of anilines is 1. The van der Waals surface area contributed by atoms with E-state index >= 15 is 0 Å². The maximum Gasteiger partial charge on any atom is 0.268 e. The minimum Gasteiger partial charge on any atom is -0.497 e. The minimum atomic E-state index is -1.19. The van der Waals surface area contributed by atoms with Crippen molar-refractivity contribution in [3.05, 3.63) is 94.8 Å². The van der Waals surface area contributed by atoms with Gasteiger partial charge in [0, 0.05) is 23.4 Å². The van der Waals surface area contributed by atoms with Gasteiger partial charge in [0.15, 0.2) is 4.87 Å². The Hall–Kier alpha value is -3.32. The predicted molar refractivity (Wildman–Crippen MR) is 141 cm³/mol. The van der Waals surface area contributed by atoms with Crippen molar-refractivity contribution in [1.29, 1.82) is 0 Å². The van der Waals surface area contributed by atoms with Gasteiger partial charge in [-0.15, -0.1) is 11.8 Å². The van der Waals surface area contributed by atoms with Crippen LogP contribution in [0.3, 0.4) is 0 Å². The molecular formula is C29H29FN2O3S. The SMILES string of the molecule is COc1ccc2c(c1)C1(SCCN1C(=O)c1ccc(F)cc1)C(=O)N2Cc1ccc(C(C)(C)C)cc1. The number of fused-ring (bicyclic) bond motifs is 2. The normalized spacial score (nSPS) is 19.2. The highest BCUT2D eigenvalue weighted by Crippen LogP contribution is 2.55. The summed E-state index contributed by atoms with van der Waals surface area (Å²) >= 11 is 1.46. The molecule has 1 fully saturated rings. The first-order valence-corrected chi connectivity index (χ1v) is 12.9. The van der Waals surface area contributed by atoms with Gasteiger partial charge in [0.25, 0.3) is 11.8 Å². The van der Waals surface area contributed by atoms with Crippen molar-refractivity contribution in [2.75, 3.05) is 24.3 Å². The highest BCUT2D eigenvalue weighted by atomic mass is 32.2. The number of amides is 2. The van der Waals surface area contributed by atoms with E-state index in [9.17, 15) is 14.0 Å². The number of carbonyl (C=O) groups is 2. The van der Waals surface area contributed by atoms with Crippen LogP contribution in [0.25, 0.3) is 0 Å². The average molecular weight is 505 g/mol. The number of methoxy groups -OCH3 is 1. The fourth-order valence-corrected chi connectivity index (χ4v) is 6.37. The third-order valence-electron chi connectivity index (χ3n) is 6.90. The maximum atomic E-state index is 14.2. The highest BCUT2D eigenvalue weighted by Gasteiger charge is 2.59. The quantitative estimate of drug-likeness (QED) is 0.456. The second kappa shape index (κ2) is 8.96. The molecule has 5 rings (SSSR count). The van der Waals surface area contributed by atoms with Crippen molar-refractivity contribution >= 4 is 29.3 Å². The smallest absolute Gasteiger partial charge is 0.268 e. The first kappa shape index (κ1) is 24.4. The molecule has 186 valence electrons. The first-order valence-electron chi connectivity index (χ1n) is 12.0. The minimum absolute atomic E-state index is 0.0386. The molecule has 5 nitrogen and oxygen atoms in total. The lowest BCUT2D eigenvalue weighted by Crippen LogP contribution is -2.50. The molecule has 2 heterocycles. The molecule has 2 aliphatic rings. The van der Waals surface area contributed by atoms with Crippen LogP contribution in [0, 0.1) is 5.82 Å². The van der Waals surface area contributed by atoms with Gasteiger partial charge >= 0.3 is 0 Å². The Labute approximate surface area is 215 Å². The molecule has 0 saturated carbocycles. The molecule has 2 amide bonds. The topological polar surface area (TPSA) is 49.9 Å². The van der Waals surface area contributed by atoms with E-state index in [0.717, 1.165) is 16.8 Å². The van der Waals surface area contributed by atoms with E-state index in [2.05, 4.69) is 45.0 Å². The summed E-state index contributed by atoms with van der Waals surface area (Å²) in [5.74, 6) is 0.387. The predicted octanol–water partition coefficient (Wildman–Crippen LogP) is 5.72. The number of benzene rings is 3. The van der Waals surface area contributed by atoms with Crippen molar-refractivity contribution in [1.82, 2.24) is 4.90 Å². The number of thioether (sulfide) groups is 1. The number of ether oxygens (including phenoxy) is 1. The van der Waals surface area contributed by atoms with Crippen molar-refractivity contribution in [3.8, 4) is 5.75 Å². The molecule has 7 heteroatoms. The molecular weight excluding hydrogens is 475 g/mol. The molecule has 0 aromatic heterocycles. The zero-order valence-corrected chi connectivity index (χ0v) is 21.7. The molecule has 2 aliphatic heterocycles. The van der Waals surface area contributed by atoms with Crippen molar-refractivity contribution in [3.63, 3.8) is 0 Å². The molecule has 1 spiro atoms. The Kier molecular flexibility index (Phi) is 6.07. The number of hydrogen-bond donors (Lipinski definition) is 0. The second-order valence-electron chi connectivity index (χ2n) is 10.2. The third kappa shape index (κ3) is 3.95. The van der Waals surface area contributed by atoms with E-state index in [1.807, 2.05) is 18.2 Å². The van der Waals surface area contributed by atoms with Crippen LogP contribution in [0.5, 0.6) is 5.75 Å². The van der Waals surface area contributed by atoms with Gasteiger partial charge in [0.05, 0.1) is 19.3 Å². The lowest BCUT2D eigenvalue weighted by molar-refractivity contribution is -0.123. The van der Waals surface area contributed by atoms with Crippen molar-refractivity contribution in [2.45, 2.75) is 37.6 Å². The van der Waals surface area contributed by atoms with Crippen LogP contribution in [0.2, 0.25) is 0 Å². The summed E-state index contributed by atoms with van der Waals surface area (Å²) in [5, 5.41) is 0. The Morgan fingerprint density at radius 1 is 1.06 bits per heavy atom. The molecule has 1 unspecified atom stereocenters. The van der Waals surface area contributed by atoms with Crippen LogP contribution in [-0.4, -0.2) is 36.1 Å². The van der Waals surface area contributed by atoms with E-state index in [0.29, 0.717) is 30.2 Å². The summed E-state index contributed by atoms with van der Waals surface area (Å²) < 4.78 is 19.0. The van der Waals surface area contributed by atoms with Crippen LogP contribution in [0.15, 0.2) is 66.7 Å². The second-order valence-corrected chi connectivity index (χ2v) is 11.5. The molecule has 1 atom stereocenters. The summed E-state index contributed by atoms with van der Waals surface area (Å²) in [7, 11) is 1.59. The number of rotatable bonds is 4. The Balaban J connectivity index is 1.55. The Bertz CT molecular complexity index is 1320.